The van der Waals surface area contributed by atoms with Crippen molar-refractivity contribution >= 4 is 5.97 Å². The smallest absolute Gasteiger partial charge is 0.303 e. The molecule has 10 N–H and O–H groups in total. The molecule has 65 heavy (non-hydrogen) atoms. The second-order valence-electron chi connectivity index (χ2n) is 19.6. The fourth-order valence-corrected chi connectivity index (χ4v) is 11.1. The molecule has 360 valence electrons. The number of aromatic hydroxyl groups is 1. The Kier molecular flexibility index (Phi) is 20.1. The average Bonchev–Trinajstić information content (AvgIpc) is 3.48. The average molecular weight is 901 g/mol. The Morgan fingerprint density at radius 1 is 0.969 bits per heavy atom. The highest BCUT2D eigenvalue weighted by Crippen LogP contribution is 2.50. The van der Waals surface area contributed by atoms with Crippen molar-refractivity contribution < 1.29 is 45.6 Å². The first kappa shape index (κ1) is 52.4. The van der Waals surface area contributed by atoms with Crippen LogP contribution in [0.3, 0.4) is 0 Å². The van der Waals surface area contributed by atoms with Gasteiger partial charge in [-0.05, 0) is 130 Å². The van der Waals surface area contributed by atoms with Gasteiger partial charge in [0.15, 0.2) is 0 Å². The molecule has 1 saturated heterocycles. The van der Waals surface area contributed by atoms with Crippen molar-refractivity contribution in [2.24, 2.45) is 5.92 Å². The molecule has 2 aromatic rings. The van der Waals surface area contributed by atoms with E-state index >= 15 is 0 Å². The minimum Gasteiger partial charge on any atom is -0.508 e. The summed E-state index contributed by atoms with van der Waals surface area (Å²) in [6.45, 7) is 7.58. The topological polar surface area (TPSA) is 203 Å². The highest BCUT2D eigenvalue weighted by Gasteiger charge is 2.53. The summed E-state index contributed by atoms with van der Waals surface area (Å²) >= 11 is 0. The van der Waals surface area contributed by atoms with E-state index in [9.17, 15) is 45.6 Å². The third kappa shape index (κ3) is 13.8. The summed E-state index contributed by atoms with van der Waals surface area (Å²) in [5, 5.41) is 97.5. The number of unbranched alkanes of at least 4 members (excludes halogenated alkanes) is 1. The highest BCUT2D eigenvalue weighted by atomic mass is 16.4. The number of allylic oxidation sites excluding steroid dienone is 2. The van der Waals surface area contributed by atoms with Crippen LogP contribution in [0.25, 0.3) is 0 Å². The van der Waals surface area contributed by atoms with Crippen LogP contribution in [-0.2, 0) is 23.1 Å². The number of carbonyl (C=O) groups is 1. The van der Waals surface area contributed by atoms with Gasteiger partial charge in [0.1, 0.15) is 5.75 Å². The van der Waals surface area contributed by atoms with Crippen LogP contribution < -0.4 is 10.6 Å². The lowest BCUT2D eigenvalue weighted by molar-refractivity contribution is -0.138. The van der Waals surface area contributed by atoms with Crippen LogP contribution in [-0.4, -0.2) is 108 Å². The first-order valence-corrected chi connectivity index (χ1v) is 24.7. The standard InChI is InChI=1S/C54H80N2O9/c1-5-7-19-47(60)48(61)29-23-39-22-21-38-16-12-15-37(6-2)44(38)18-13-20-50(53(4,65)54(31-9-8-10-32-54)41-24-26-42(58)27-25-41)56-46(45(39)34-43(59)35-57)28-30-49(62)52-40(33-51(63)64)17-11-14-36(3)55-52/h12,15-16,23-27,29,36,40,43,46-50,52,55-62,65H,5-11,14,17,19-22,28,30-35H2,1-4H3,(H,63,64)/b29-23+,45-39+/t36-,40-,43-,46-,47-,48+,49-,50+,52-,53+/m0/s1. The summed E-state index contributed by atoms with van der Waals surface area (Å²) in [6, 6.07) is 11.7. The third-order valence-electron chi connectivity index (χ3n) is 15.0. The van der Waals surface area contributed by atoms with Gasteiger partial charge in [-0.25, -0.2) is 0 Å². The molecule has 11 nitrogen and oxygen atoms in total. The Bertz CT molecular complexity index is 1930. The summed E-state index contributed by atoms with van der Waals surface area (Å²) in [7, 11) is 0. The van der Waals surface area contributed by atoms with Crippen LogP contribution in [0.2, 0.25) is 0 Å². The fraction of sp³-hybridized carbons (Fsp3) is 0.648. The molecule has 0 amide bonds. The Hall–Kier alpha value is -3.57. The molecule has 2 aliphatic heterocycles. The van der Waals surface area contributed by atoms with Crippen molar-refractivity contribution in [1.82, 2.24) is 10.6 Å². The lowest BCUT2D eigenvalue weighted by atomic mass is 9.57. The number of benzene rings is 2. The molecule has 1 aliphatic carbocycles. The van der Waals surface area contributed by atoms with E-state index < -0.39 is 66.1 Å². The van der Waals surface area contributed by atoms with E-state index in [-0.39, 0.29) is 43.4 Å². The number of phenols is 1. The van der Waals surface area contributed by atoms with Gasteiger partial charge in [0.2, 0.25) is 0 Å². The van der Waals surface area contributed by atoms with E-state index in [4.69, 9.17) is 0 Å². The molecule has 3 aliphatic rings. The van der Waals surface area contributed by atoms with Gasteiger partial charge in [-0.15, -0.1) is 0 Å². The molecule has 1 saturated carbocycles. The number of aliphatic hydroxyl groups excluding tert-OH is 5. The number of aliphatic hydroxyl groups is 6. The SMILES string of the molecule is CCCC[C@H](O)[C@H](O)/C=C/C1=C(\C[C@H](O)CO)[C@H](CC[C@H](O)[C@H]2N[C@@H](C)CCC[C@H]2CC(=O)O)N[C@@H]([C@@](C)(O)C2(c3ccc(O)cc3)CCCCC2)CC#Cc2c(CC)cccc2CC1. The number of hydrogen-bond donors (Lipinski definition) is 10. The fourth-order valence-electron chi connectivity index (χ4n) is 11.1. The minimum atomic E-state index is -1.44. The van der Waals surface area contributed by atoms with Crippen molar-refractivity contribution in [3.63, 3.8) is 0 Å². The summed E-state index contributed by atoms with van der Waals surface area (Å²) in [5.74, 6) is 6.02. The number of fused-ring (bicyclic) bond motifs is 1. The first-order chi connectivity index (χ1) is 31.1. The molecule has 0 aromatic heterocycles. The minimum absolute atomic E-state index is 0.0459. The Morgan fingerprint density at radius 2 is 1.71 bits per heavy atom. The van der Waals surface area contributed by atoms with Crippen LogP contribution in [0.5, 0.6) is 5.75 Å². The molecule has 0 unspecified atom stereocenters. The number of hydrogen-bond acceptors (Lipinski definition) is 10. The van der Waals surface area contributed by atoms with Crippen LogP contribution in [0, 0.1) is 17.8 Å². The Balaban J connectivity index is 1.72. The zero-order valence-corrected chi connectivity index (χ0v) is 39.5. The van der Waals surface area contributed by atoms with Gasteiger partial charge in [0.25, 0.3) is 0 Å². The lowest BCUT2D eigenvalue weighted by Gasteiger charge is -2.52. The predicted molar refractivity (Wildman–Crippen MR) is 256 cm³/mol. The van der Waals surface area contributed by atoms with E-state index in [1.807, 2.05) is 38.1 Å². The number of phenolic OH excluding ortho intramolecular Hbond substituents is 1. The molecule has 5 rings (SSSR count). The summed E-state index contributed by atoms with van der Waals surface area (Å²) in [6.07, 6.45) is 10.5. The molecular formula is C54H80N2O9. The van der Waals surface area contributed by atoms with Crippen molar-refractivity contribution in [3.8, 4) is 17.6 Å². The number of nitrogens with one attached hydrogen (secondary N) is 2. The summed E-state index contributed by atoms with van der Waals surface area (Å²) < 4.78 is 0. The van der Waals surface area contributed by atoms with Crippen molar-refractivity contribution in [2.45, 2.75) is 209 Å². The summed E-state index contributed by atoms with van der Waals surface area (Å²) in [5.41, 5.74) is 3.40. The maximum Gasteiger partial charge on any atom is 0.303 e. The number of rotatable bonds is 19. The van der Waals surface area contributed by atoms with Crippen molar-refractivity contribution in [2.75, 3.05) is 6.61 Å². The second kappa shape index (κ2) is 25.0. The van der Waals surface area contributed by atoms with Crippen LogP contribution in [0.15, 0.2) is 65.8 Å². The predicted octanol–water partition coefficient (Wildman–Crippen LogP) is 6.89. The lowest BCUT2D eigenvalue weighted by Crippen LogP contribution is -2.63. The Labute approximate surface area is 388 Å². The molecule has 10 atom stereocenters. The summed E-state index contributed by atoms with van der Waals surface area (Å²) in [4.78, 5) is 12.1. The van der Waals surface area contributed by atoms with Gasteiger partial charge < -0.3 is 51.5 Å². The first-order valence-electron chi connectivity index (χ1n) is 24.7. The maximum atomic E-state index is 13.5. The molecule has 0 bridgehead atoms. The monoisotopic (exact) mass is 901 g/mol. The maximum absolute atomic E-state index is 13.5. The van der Waals surface area contributed by atoms with E-state index in [1.54, 1.807) is 18.2 Å². The van der Waals surface area contributed by atoms with Gasteiger partial charge in [-0.3, -0.25) is 4.79 Å². The van der Waals surface area contributed by atoms with Crippen LogP contribution in [0.4, 0.5) is 0 Å². The number of carboxylic acid groups (broad SMARTS) is 1. The molecule has 0 radical (unpaired) electrons. The van der Waals surface area contributed by atoms with Crippen LogP contribution in [0.1, 0.15) is 159 Å². The third-order valence-corrected chi connectivity index (χ3v) is 15.0. The second-order valence-corrected chi connectivity index (χ2v) is 19.6. The van der Waals surface area contributed by atoms with Gasteiger partial charge >= 0.3 is 5.97 Å². The molecule has 0 spiro atoms. The number of aliphatic carboxylic acids is 1. The van der Waals surface area contributed by atoms with E-state index in [0.29, 0.717) is 44.9 Å². The molecule has 2 heterocycles. The van der Waals surface area contributed by atoms with E-state index in [1.165, 1.54) is 0 Å². The molecule has 2 aromatic carbocycles. The van der Waals surface area contributed by atoms with E-state index in [2.05, 4.69) is 48.5 Å². The normalized spacial score (nSPS) is 27.1. The van der Waals surface area contributed by atoms with Crippen molar-refractivity contribution in [1.29, 1.82) is 0 Å². The molecule has 2 fully saturated rings. The van der Waals surface area contributed by atoms with Crippen LogP contribution >= 0.6 is 0 Å². The zero-order chi connectivity index (χ0) is 47.1. The Morgan fingerprint density at radius 3 is 2.38 bits per heavy atom. The number of carboxylic acids is 1. The highest BCUT2D eigenvalue weighted by molar-refractivity contribution is 5.67. The largest absolute Gasteiger partial charge is 0.508 e. The molecular weight excluding hydrogens is 821 g/mol. The van der Waals surface area contributed by atoms with Crippen molar-refractivity contribution in [3.05, 3.63) is 88.0 Å². The van der Waals surface area contributed by atoms with Gasteiger partial charge in [0, 0.05) is 48.0 Å². The molecule has 11 heteroatoms. The zero-order valence-electron chi connectivity index (χ0n) is 39.5. The van der Waals surface area contributed by atoms with Gasteiger partial charge in [-0.2, -0.15) is 0 Å². The quantitative estimate of drug-likeness (QED) is 0.0658. The van der Waals surface area contributed by atoms with E-state index in [0.717, 1.165) is 84.8 Å². The number of aryl methyl sites for hydroxylation is 2. The van der Waals surface area contributed by atoms with Gasteiger partial charge in [-0.1, -0.05) is 107 Å². The van der Waals surface area contributed by atoms with Gasteiger partial charge in [0.05, 0.1) is 36.6 Å².